The van der Waals surface area contributed by atoms with Gasteiger partial charge in [0.05, 0.1) is 15.4 Å². The Morgan fingerprint density at radius 2 is 1.88 bits per heavy atom. The Morgan fingerprint density at radius 1 is 1.20 bits per heavy atom. The van der Waals surface area contributed by atoms with Crippen LogP contribution in [0.15, 0.2) is 46.2 Å². The van der Waals surface area contributed by atoms with Crippen molar-refractivity contribution in [2.24, 2.45) is 0 Å². The molecule has 1 aliphatic heterocycles. The van der Waals surface area contributed by atoms with Crippen molar-refractivity contribution in [2.75, 3.05) is 27.2 Å². The summed E-state index contributed by atoms with van der Waals surface area (Å²) < 4.78 is 5.79. The lowest BCUT2D eigenvalue weighted by Gasteiger charge is -2.21. The van der Waals surface area contributed by atoms with Crippen molar-refractivity contribution in [2.45, 2.75) is 9.79 Å². The molecule has 8 heteroatoms. The molecule has 1 N–H and O–H groups in total. The highest BCUT2D eigenvalue weighted by atomic mass is 32.2. The van der Waals surface area contributed by atoms with Crippen molar-refractivity contribution >= 4 is 23.4 Å². The van der Waals surface area contributed by atoms with E-state index in [4.69, 9.17) is 4.74 Å². The van der Waals surface area contributed by atoms with Crippen LogP contribution in [0, 0.1) is 10.1 Å². The topological polar surface area (TPSA) is 84.7 Å². The van der Waals surface area contributed by atoms with Crippen LogP contribution < -0.4 is 10.1 Å². The number of nitrogens with one attached hydrogen (secondary N) is 1. The lowest BCUT2D eigenvalue weighted by atomic mass is 10.2. The van der Waals surface area contributed by atoms with Gasteiger partial charge in [-0.3, -0.25) is 14.9 Å². The average Bonchev–Trinajstić information content (AvgIpc) is 2.58. The van der Waals surface area contributed by atoms with E-state index < -0.39 is 4.92 Å². The molecule has 2 aromatic carbocycles. The maximum atomic E-state index is 12.5. The van der Waals surface area contributed by atoms with Gasteiger partial charge in [-0.25, -0.2) is 0 Å². The zero-order chi connectivity index (χ0) is 18.0. The second-order valence-corrected chi connectivity index (χ2v) is 6.78. The summed E-state index contributed by atoms with van der Waals surface area (Å²) in [7, 11) is 3.85. The molecule has 0 bridgehead atoms. The van der Waals surface area contributed by atoms with Gasteiger partial charge in [0.1, 0.15) is 16.4 Å². The Hall–Kier alpha value is -2.58. The minimum absolute atomic E-state index is 0.0315. The van der Waals surface area contributed by atoms with Gasteiger partial charge in [-0.1, -0.05) is 23.9 Å². The first-order chi connectivity index (χ1) is 12.0. The minimum atomic E-state index is -0.444. The Morgan fingerprint density at radius 3 is 2.56 bits per heavy atom. The molecular weight excluding hydrogens is 342 g/mol. The molecule has 0 aromatic heterocycles. The van der Waals surface area contributed by atoms with Gasteiger partial charge in [0.2, 0.25) is 0 Å². The number of hydrogen-bond acceptors (Lipinski definition) is 6. The summed E-state index contributed by atoms with van der Waals surface area (Å²) in [6, 6.07) is 9.88. The van der Waals surface area contributed by atoms with E-state index in [-0.39, 0.29) is 11.6 Å². The lowest BCUT2D eigenvalue weighted by molar-refractivity contribution is -0.387. The molecule has 0 saturated carbocycles. The van der Waals surface area contributed by atoms with E-state index in [1.165, 1.54) is 17.8 Å². The summed E-state index contributed by atoms with van der Waals surface area (Å²) in [6.07, 6.45) is 0. The second-order valence-electron chi connectivity index (χ2n) is 5.76. The van der Waals surface area contributed by atoms with Crippen LogP contribution >= 0.6 is 11.8 Å². The molecule has 7 nitrogen and oxygen atoms in total. The fourth-order valence-corrected chi connectivity index (χ4v) is 3.56. The van der Waals surface area contributed by atoms with E-state index in [1.54, 1.807) is 30.3 Å². The Kier molecular flexibility index (Phi) is 4.91. The summed E-state index contributed by atoms with van der Waals surface area (Å²) >= 11 is 1.19. The lowest BCUT2D eigenvalue weighted by Crippen LogP contribution is -2.31. The van der Waals surface area contributed by atoms with Gasteiger partial charge < -0.3 is 15.0 Å². The first-order valence-electron chi connectivity index (χ1n) is 7.66. The first-order valence-corrected chi connectivity index (χ1v) is 8.48. The highest BCUT2D eigenvalue weighted by Crippen LogP contribution is 2.51. The number of amides is 1. The third-order valence-corrected chi connectivity index (χ3v) is 4.89. The fraction of sp³-hybridized carbons (Fsp3) is 0.235. The molecule has 130 valence electrons. The summed E-state index contributed by atoms with van der Waals surface area (Å²) in [5.74, 6) is 0.729. The van der Waals surface area contributed by atoms with E-state index in [1.807, 2.05) is 19.0 Å². The van der Waals surface area contributed by atoms with Crippen LogP contribution in [0.4, 0.5) is 5.69 Å². The van der Waals surface area contributed by atoms with Crippen LogP contribution in [0.25, 0.3) is 0 Å². The van der Waals surface area contributed by atoms with Crippen LogP contribution in [-0.2, 0) is 0 Å². The maximum absolute atomic E-state index is 12.5. The predicted octanol–water partition coefficient (Wildman–Crippen LogP) is 3.14. The predicted molar refractivity (Wildman–Crippen MR) is 94.6 cm³/mol. The number of fused-ring (bicyclic) bond motifs is 2. The Labute approximate surface area is 149 Å². The number of benzene rings is 2. The molecule has 0 fully saturated rings. The normalized spacial score (nSPS) is 12.1. The molecule has 0 spiro atoms. The van der Waals surface area contributed by atoms with Crippen molar-refractivity contribution < 1.29 is 14.5 Å². The van der Waals surface area contributed by atoms with Crippen molar-refractivity contribution in [3.05, 3.63) is 52.1 Å². The number of nitro groups is 1. The first kappa shape index (κ1) is 17.2. The number of likely N-dealkylation sites (N-methyl/N-ethyl adjacent to an activating group) is 1. The van der Waals surface area contributed by atoms with Crippen LogP contribution in [0.5, 0.6) is 11.5 Å². The number of carbonyl (C=O) groups is 1. The maximum Gasteiger partial charge on any atom is 0.287 e. The van der Waals surface area contributed by atoms with Crippen molar-refractivity contribution in [3.63, 3.8) is 0 Å². The van der Waals surface area contributed by atoms with Gasteiger partial charge in [-0.15, -0.1) is 0 Å². The van der Waals surface area contributed by atoms with Crippen LogP contribution in [0.3, 0.4) is 0 Å². The number of nitrogens with zero attached hydrogens (tertiary/aromatic N) is 2. The molecule has 2 aromatic rings. The molecule has 0 aliphatic carbocycles. The number of nitro benzene ring substituents is 1. The average molecular weight is 359 g/mol. The molecule has 0 radical (unpaired) electrons. The fourth-order valence-electron chi connectivity index (χ4n) is 2.42. The van der Waals surface area contributed by atoms with Gasteiger partial charge in [0.15, 0.2) is 0 Å². The third kappa shape index (κ3) is 3.59. The van der Waals surface area contributed by atoms with Gasteiger partial charge >= 0.3 is 0 Å². The van der Waals surface area contributed by atoms with Crippen molar-refractivity contribution in [3.8, 4) is 11.5 Å². The summed E-state index contributed by atoms with van der Waals surface area (Å²) in [5, 5.41) is 14.1. The van der Waals surface area contributed by atoms with Crippen LogP contribution in [0.1, 0.15) is 10.4 Å². The van der Waals surface area contributed by atoms with Gasteiger partial charge in [0, 0.05) is 19.2 Å². The molecule has 0 unspecified atom stereocenters. The molecule has 0 atom stereocenters. The largest absolute Gasteiger partial charge is 0.455 e. The standard InChI is InChI=1S/C17H17N3O4S/c1-19(2)10-9-18-17(21)11-5-3-7-13-15(11)25-16-12(20(22)23)6-4-8-14(16)24-13/h3-8H,9-10H2,1-2H3,(H,18,21). The molecule has 1 heterocycles. The SMILES string of the molecule is CN(C)CCNC(=O)c1cccc2c1Sc1c(cccc1[N+](=O)[O-])O2. The van der Waals surface area contributed by atoms with Crippen molar-refractivity contribution in [1.82, 2.24) is 10.2 Å². The minimum Gasteiger partial charge on any atom is -0.455 e. The van der Waals surface area contributed by atoms with E-state index in [9.17, 15) is 14.9 Å². The molecular formula is C17H17N3O4S. The van der Waals surface area contributed by atoms with Crippen LogP contribution in [0.2, 0.25) is 0 Å². The second kappa shape index (κ2) is 7.12. The van der Waals surface area contributed by atoms with E-state index >= 15 is 0 Å². The van der Waals surface area contributed by atoms with Gasteiger partial charge in [-0.05, 0) is 32.3 Å². The quantitative estimate of drug-likeness (QED) is 0.556. The molecule has 1 aliphatic rings. The van der Waals surface area contributed by atoms with Crippen LogP contribution in [-0.4, -0.2) is 42.9 Å². The van der Waals surface area contributed by atoms with E-state index in [0.717, 1.165) is 6.54 Å². The zero-order valence-corrected chi connectivity index (χ0v) is 14.6. The Balaban J connectivity index is 1.91. The smallest absolute Gasteiger partial charge is 0.287 e. The monoisotopic (exact) mass is 359 g/mol. The van der Waals surface area contributed by atoms with Crippen molar-refractivity contribution in [1.29, 1.82) is 0 Å². The van der Waals surface area contributed by atoms with Gasteiger partial charge in [-0.2, -0.15) is 0 Å². The van der Waals surface area contributed by atoms with E-state index in [2.05, 4.69) is 5.32 Å². The van der Waals surface area contributed by atoms with Gasteiger partial charge in [0.25, 0.3) is 11.6 Å². The number of ether oxygens (including phenoxy) is 1. The Bertz CT molecular complexity index is 839. The van der Waals surface area contributed by atoms with E-state index in [0.29, 0.717) is 33.4 Å². The summed E-state index contributed by atoms with van der Waals surface area (Å²) in [4.78, 5) is 26.3. The summed E-state index contributed by atoms with van der Waals surface area (Å²) in [6.45, 7) is 1.23. The zero-order valence-electron chi connectivity index (χ0n) is 13.8. The highest BCUT2D eigenvalue weighted by molar-refractivity contribution is 7.99. The number of rotatable bonds is 5. The summed E-state index contributed by atoms with van der Waals surface area (Å²) in [5.41, 5.74) is 0.418. The number of carbonyl (C=O) groups excluding carboxylic acids is 1. The third-order valence-electron chi connectivity index (χ3n) is 3.65. The molecule has 25 heavy (non-hydrogen) atoms. The number of hydrogen-bond donors (Lipinski definition) is 1. The molecule has 3 rings (SSSR count). The molecule has 1 amide bonds. The highest BCUT2D eigenvalue weighted by Gasteiger charge is 2.29. The molecule has 0 saturated heterocycles.